The molecule has 14 heavy (non-hydrogen) atoms. The highest BCUT2D eigenvalue weighted by molar-refractivity contribution is 5.28. The topological polar surface area (TPSA) is 9.23 Å². The molecule has 0 saturated heterocycles. The zero-order chi connectivity index (χ0) is 10.6. The van der Waals surface area contributed by atoms with Crippen LogP contribution in [-0.2, 0) is 6.42 Å². The summed E-state index contributed by atoms with van der Waals surface area (Å²) in [6.07, 6.45) is -2.31. The van der Waals surface area contributed by atoms with Crippen LogP contribution in [0.15, 0.2) is 36.9 Å². The van der Waals surface area contributed by atoms with Gasteiger partial charge in [0.05, 0.1) is 0 Å². The number of rotatable bonds is 3. The van der Waals surface area contributed by atoms with Gasteiger partial charge in [-0.1, -0.05) is 18.2 Å². The van der Waals surface area contributed by atoms with E-state index in [1.54, 1.807) is 18.2 Å². The van der Waals surface area contributed by atoms with Crippen LogP contribution in [0.2, 0.25) is 0 Å². The highest BCUT2D eigenvalue weighted by Crippen LogP contribution is 2.22. The van der Waals surface area contributed by atoms with Crippen LogP contribution in [0.1, 0.15) is 5.56 Å². The molecule has 0 atom stereocenters. The number of hydrogen-bond acceptors (Lipinski definition) is 1. The maximum Gasteiger partial charge on any atom is 0.573 e. The molecule has 0 aliphatic heterocycles. The molecule has 0 heterocycles. The quantitative estimate of drug-likeness (QED) is 0.683. The molecule has 0 unspecified atom stereocenters. The van der Waals surface area contributed by atoms with E-state index in [2.05, 4.69) is 11.3 Å². The fraction of sp³-hybridized carbons (Fsp3) is 0.200. The van der Waals surface area contributed by atoms with Gasteiger partial charge in [-0.05, 0) is 24.1 Å². The molecule has 0 saturated carbocycles. The van der Waals surface area contributed by atoms with Crippen LogP contribution in [0.5, 0.6) is 5.75 Å². The van der Waals surface area contributed by atoms with Gasteiger partial charge < -0.3 is 4.74 Å². The van der Waals surface area contributed by atoms with Crippen molar-refractivity contribution < 1.29 is 17.9 Å². The van der Waals surface area contributed by atoms with Crippen molar-refractivity contribution in [1.82, 2.24) is 0 Å². The maximum absolute atomic E-state index is 11.8. The summed E-state index contributed by atoms with van der Waals surface area (Å²) in [6, 6.07) is 5.71. The first-order valence-electron chi connectivity index (χ1n) is 3.97. The van der Waals surface area contributed by atoms with Crippen molar-refractivity contribution in [2.75, 3.05) is 0 Å². The summed E-state index contributed by atoms with van der Waals surface area (Å²) in [5.74, 6) is -0.203. The van der Waals surface area contributed by atoms with Crippen molar-refractivity contribution in [3.8, 4) is 5.75 Å². The maximum atomic E-state index is 11.8. The van der Waals surface area contributed by atoms with Gasteiger partial charge in [0.2, 0.25) is 0 Å². The largest absolute Gasteiger partial charge is 0.573 e. The van der Waals surface area contributed by atoms with Crippen LogP contribution in [0, 0.1) is 0 Å². The smallest absolute Gasteiger partial charge is 0.406 e. The molecule has 0 radical (unpaired) electrons. The first-order chi connectivity index (χ1) is 6.51. The third kappa shape index (κ3) is 3.51. The van der Waals surface area contributed by atoms with E-state index < -0.39 is 6.36 Å². The summed E-state index contributed by atoms with van der Waals surface area (Å²) in [7, 11) is 0. The Morgan fingerprint density at radius 2 is 1.79 bits per heavy atom. The first-order valence-corrected chi connectivity index (χ1v) is 3.97. The Bertz CT molecular complexity index is 300. The molecular formula is C10H9F3O. The zero-order valence-electron chi connectivity index (χ0n) is 7.34. The minimum Gasteiger partial charge on any atom is -0.406 e. The van der Waals surface area contributed by atoms with Gasteiger partial charge in [0, 0.05) is 0 Å². The molecule has 0 spiro atoms. The third-order valence-corrected chi connectivity index (χ3v) is 1.54. The Balaban J connectivity index is 2.68. The van der Waals surface area contributed by atoms with Crippen LogP contribution >= 0.6 is 0 Å². The second-order valence-corrected chi connectivity index (χ2v) is 2.68. The Morgan fingerprint density at radius 1 is 1.21 bits per heavy atom. The lowest BCUT2D eigenvalue weighted by atomic mass is 10.1. The molecule has 0 bridgehead atoms. The molecule has 0 fully saturated rings. The molecule has 0 amide bonds. The minimum atomic E-state index is -4.63. The fourth-order valence-corrected chi connectivity index (χ4v) is 0.994. The van der Waals surface area contributed by atoms with Crippen molar-refractivity contribution in [1.29, 1.82) is 0 Å². The van der Waals surface area contributed by atoms with Gasteiger partial charge in [-0.15, -0.1) is 19.8 Å². The highest BCUT2D eigenvalue weighted by atomic mass is 19.4. The lowest BCUT2D eigenvalue weighted by molar-refractivity contribution is -0.274. The normalized spacial score (nSPS) is 11.1. The lowest BCUT2D eigenvalue weighted by Gasteiger charge is -2.08. The molecule has 0 aliphatic rings. The number of benzene rings is 1. The van der Waals surface area contributed by atoms with Gasteiger partial charge in [-0.2, -0.15) is 0 Å². The van der Waals surface area contributed by atoms with E-state index in [0.29, 0.717) is 6.42 Å². The highest BCUT2D eigenvalue weighted by Gasteiger charge is 2.30. The molecule has 1 aromatic rings. The molecule has 1 nitrogen and oxygen atoms in total. The fourth-order valence-electron chi connectivity index (χ4n) is 0.994. The summed E-state index contributed by atoms with van der Waals surface area (Å²) in [6.45, 7) is 3.53. The van der Waals surface area contributed by atoms with Crippen LogP contribution < -0.4 is 4.74 Å². The van der Waals surface area contributed by atoms with Crippen molar-refractivity contribution in [2.24, 2.45) is 0 Å². The lowest BCUT2D eigenvalue weighted by Crippen LogP contribution is -2.16. The molecular weight excluding hydrogens is 193 g/mol. The SMILES string of the molecule is C=CCc1ccc(OC(F)(F)F)cc1. The van der Waals surface area contributed by atoms with E-state index in [1.165, 1.54) is 12.1 Å². The number of halogens is 3. The molecule has 1 aromatic carbocycles. The standard InChI is InChI=1S/C10H9F3O/c1-2-3-8-4-6-9(7-5-8)14-10(11,12)13/h2,4-7H,1,3H2. The minimum absolute atomic E-state index is 0.203. The Kier molecular flexibility index (Phi) is 3.17. The van der Waals surface area contributed by atoms with Crippen molar-refractivity contribution in [3.63, 3.8) is 0 Å². The van der Waals surface area contributed by atoms with Crippen molar-refractivity contribution >= 4 is 0 Å². The molecule has 4 heteroatoms. The molecule has 0 aromatic heterocycles. The number of ether oxygens (including phenoxy) is 1. The van der Waals surface area contributed by atoms with Gasteiger partial charge in [-0.25, -0.2) is 0 Å². The average Bonchev–Trinajstić information content (AvgIpc) is 2.06. The number of alkyl halides is 3. The second-order valence-electron chi connectivity index (χ2n) is 2.68. The average molecular weight is 202 g/mol. The van der Waals surface area contributed by atoms with Crippen LogP contribution in [0.4, 0.5) is 13.2 Å². The Labute approximate surface area is 79.8 Å². The Hall–Kier alpha value is -1.45. The van der Waals surface area contributed by atoms with Gasteiger partial charge in [-0.3, -0.25) is 0 Å². The van der Waals surface area contributed by atoms with E-state index in [9.17, 15) is 13.2 Å². The summed E-state index contributed by atoms with van der Waals surface area (Å²) in [4.78, 5) is 0. The summed E-state index contributed by atoms with van der Waals surface area (Å²) in [5, 5.41) is 0. The summed E-state index contributed by atoms with van der Waals surface area (Å²) in [5.41, 5.74) is 0.898. The van der Waals surface area contributed by atoms with Gasteiger partial charge >= 0.3 is 6.36 Å². The van der Waals surface area contributed by atoms with Crippen molar-refractivity contribution in [3.05, 3.63) is 42.5 Å². The Morgan fingerprint density at radius 3 is 2.21 bits per heavy atom. The van der Waals surface area contributed by atoms with E-state index in [-0.39, 0.29) is 5.75 Å². The van der Waals surface area contributed by atoms with E-state index in [1.807, 2.05) is 0 Å². The van der Waals surface area contributed by atoms with E-state index in [4.69, 9.17) is 0 Å². The van der Waals surface area contributed by atoms with E-state index >= 15 is 0 Å². The molecule has 0 N–H and O–H groups in total. The van der Waals surface area contributed by atoms with Gasteiger partial charge in [0.15, 0.2) is 0 Å². The zero-order valence-corrected chi connectivity index (χ0v) is 7.34. The molecule has 0 aliphatic carbocycles. The molecule has 76 valence electrons. The van der Waals surface area contributed by atoms with Gasteiger partial charge in [0.1, 0.15) is 5.75 Å². The van der Waals surface area contributed by atoms with Crippen molar-refractivity contribution in [2.45, 2.75) is 12.8 Å². The summed E-state index contributed by atoms with van der Waals surface area (Å²) >= 11 is 0. The van der Waals surface area contributed by atoms with E-state index in [0.717, 1.165) is 5.56 Å². The third-order valence-electron chi connectivity index (χ3n) is 1.54. The molecule has 1 rings (SSSR count). The predicted molar refractivity (Wildman–Crippen MR) is 47.0 cm³/mol. The monoisotopic (exact) mass is 202 g/mol. The first kappa shape index (κ1) is 10.6. The summed E-state index contributed by atoms with van der Waals surface area (Å²) < 4.78 is 39.0. The van der Waals surface area contributed by atoms with Gasteiger partial charge in [0.25, 0.3) is 0 Å². The second kappa shape index (κ2) is 4.17. The van der Waals surface area contributed by atoms with Crippen LogP contribution in [0.3, 0.4) is 0 Å². The number of hydrogen-bond donors (Lipinski definition) is 0. The predicted octanol–water partition coefficient (Wildman–Crippen LogP) is 3.31. The number of allylic oxidation sites excluding steroid dienone is 1. The van der Waals surface area contributed by atoms with Crippen LogP contribution in [-0.4, -0.2) is 6.36 Å². The van der Waals surface area contributed by atoms with Crippen LogP contribution in [0.25, 0.3) is 0 Å².